The number of hydrogen-bond donors (Lipinski definition) is 0. The summed E-state index contributed by atoms with van der Waals surface area (Å²) >= 11 is 0. The molecular weight excluding hydrogens is 287 g/mol. The van der Waals surface area contributed by atoms with Crippen LogP contribution in [0.5, 0.6) is 5.75 Å². The van der Waals surface area contributed by atoms with Gasteiger partial charge in [0.05, 0.1) is 12.5 Å². The third-order valence-electron chi connectivity index (χ3n) is 3.33. The molecule has 0 amide bonds. The van der Waals surface area contributed by atoms with Crippen LogP contribution in [0.4, 0.5) is 4.39 Å². The zero-order valence-electron chi connectivity index (χ0n) is 11.6. The molecule has 22 heavy (non-hydrogen) atoms. The van der Waals surface area contributed by atoms with Crippen molar-refractivity contribution in [3.63, 3.8) is 0 Å². The number of carbonyl (C=O) groups excluding carboxylic acids is 1. The lowest BCUT2D eigenvalue weighted by Crippen LogP contribution is -2.15. The van der Waals surface area contributed by atoms with Crippen LogP contribution in [0.2, 0.25) is 0 Å². The molecule has 0 aliphatic rings. The molecule has 1 aromatic heterocycles. The van der Waals surface area contributed by atoms with Crippen LogP contribution in [-0.4, -0.2) is 12.9 Å². The lowest BCUT2D eigenvalue weighted by Gasteiger charge is -2.04. The maximum atomic E-state index is 12.9. The summed E-state index contributed by atoms with van der Waals surface area (Å²) in [6, 6.07) is 9.76. The number of halogens is 1. The summed E-state index contributed by atoms with van der Waals surface area (Å²) in [5, 5.41) is 0.257. The molecule has 0 fully saturated rings. The van der Waals surface area contributed by atoms with E-state index in [9.17, 15) is 14.0 Å². The molecule has 0 aliphatic carbocycles. The van der Waals surface area contributed by atoms with E-state index in [2.05, 4.69) is 0 Å². The Labute approximate surface area is 124 Å². The average molecular weight is 298 g/mol. The Morgan fingerprint density at radius 3 is 2.55 bits per heavy atom. The number of ketones is 1. The van der Waals surface area contributed by atoms with E-state index in [4.69, 9.17) is 9.15 Å². The van der Waals surface area contributed by atoms with Gasteiger partial charge in [-0.15, -0.1) is 0 Å². The summed E-state index contributed by atoms with van der Waals surface area (Å²) < 4.78 is 23.3. The van der Waals surface area contributed by atoms with Gasteiger partial charge in [-0.1, -0.05) is 0 Å². The lowest BCUT2D eigenvalue weighted by atomic mass is 10.0. The molecule has 3 rings (SSSR count). The molecule has 5 heteroatoms. The van der Waals surface area contributed by atoms with Gasteiger partial charge in [-0.2, -0.15) is 0 Å². The van der Waals surface area contributed by atoms with Crippen molar-refractivity contribution in [1.82, 2.24) is 0 Å². The molecule has 0 aliphatic heterocycles. The van der Waals surface area contributed by atoms with Gasteiger partial charge in [-0.05, 0) is 42.5 Å². The number of carbonyl (C=O) groups is 1. The Kier molecular flexibility index (Phi) is 3.47. The summed E-state index contributed by atoms with van der Waals surface area (Å²) in [6.45, 7) is 0. The summed E-state index contributed by atoms with van der Waals surface area (Å²) in [5.74, 6) is -0.475. The number of rotatable bonds is 3. The van der Waals surface area contributed by atoms with Crippen molar-refractivity contribution in [2.75, 3.05) is 7.11 Å². The minimum atomic E-state index is -0.515. The van der Waals surface area contributed by atoms with Crippen LogP contribution in [0.25, 0.3) is 11.0 Å². The molecule has 0 N–H and O–H groups in total. The Morgan fingerprint density at radius 2 is 1.86 bits per heavy atom. The highest BCUT2D eigenvalue weighted by Crippen LogP contribution is 2.19. The van der Waals surface area contributed by atoms with Crippen molar-refractivity contribution in [3.8, 4) is 5.75 Å². The number of methoxy groups -OCH3 is 1. The highest BCUT2D eigenvalue weighted by Gasteiger charge is 2.16. The molecular formula is C17H11FO4. The average Bonchev–Trinajstić information content (AvgIpc) is 2.55. The van der Waals surface area contributed by atoms with E-state index in [1.807, 2.05) is 0 Å². The van der Waals surface area contributed by atoms with Crippen LogP contribution in [-0.2, 0) is 0 Å². The second-order valence-corrected chi connectivity index (χ2v) is 4.68. The maximum absolute atomic E-state index is 12.9. The van der Waals surface area contributed by atoms with Crippen molar-refractivity contribution in [3.05, 3.63) is 75.9 Å². The monoisotopic (exact) mass is 298 g/mol. The molecule has 0 radical (unpaired) electrons. The smallest absolute Gasteiger partial charge is 0.204 e. The van der Waals surface area contributed by atoms with Crippen LogP contribution in [0.3, 0.4) is 0 Å². The highest BCUT2D eigenvalue weighted by atomic mass is 19.1. The Hall–Kier alpha value is -2.95. The third-order valence-corrected chi connectivity index (χ3v) is 3.33. The van der Waals surface area contributed by atoms with Gasteiger partial charge in [0.1, 0.15) is 29.0 Å². The summed E-state index contributed by atoms with van der Waals surface area (Å²) in [5.41, 5.74) is 0.0271. The third kappa shape index (κ3) is 2.37. The fourth-order valence-corrected chi connectivity index (χ4v) is 2.15. The maximum Gasteiger partial charge on any atom is 0.204 e. The molecule has 0 saturated heterocycles. The Bertz CT molecular complexity index is 910. The van der Waals surface area contributed by atoms with E-state index < -0.39 is 17.0 Å². The number of hydrogen-bond acceptors (Lipinski definition) is 4. The second kappa shape index (κ2) is 5.44. The molecule has 3 aromatic rings. The van der Waals surface area contributed by atoms with Gasteiger partial charge in [0.15, 0.2) is 5.78 Å². The van der Waals surface area contributed by atoms with Crippen LogP contribution in [0.1, 0.15) is 15.9 Å². The van der Waals surface area contributed by atoms with Gasteiger partial charge in [0, 0.05) is 5.56 Å². The van der Waals surface area contributed by atoms with E-state index in [0.717, 1.165) is 6.26 Å². The molecule has 2 aromatic carbocycles. The van der Waals surface area contributed by atoms with Crippen LogP contribution in [0, 0.1) is 5.82 Å². The van der Waals surface area contributed by atoms with Gasteiger partial charge in [-0.3, -0.25) is 9.59 Å². The second-order valence-electron chi connectivity index (χ2n) is 4.68. The minimum absolute atomic E-state index is 0.104. The topological polar surface area (TPSA) is 56.5 Å². The highest BCUT2D eigenvalue weighted by molar-refractivity contribution is 6.09. The van der Waals surface area contributed by atoms with Crippen molar-refractivity contribution in [2.45, 2.75) is 0 Å². The van der Waals surface area contributed by atoms with Crippen molar-refractivity contribution < 1.29 is 18.3 Å². The normalized spacial score (nSPS) is 10.6. The molecule has 0 bridgehead atoms. The van der Waals surface area contributed by atoms with Crippen LogP contribution >= 0.6 is 0 Å². The number of benzene rings is 2. The molecule has 1 heterocycles. The van der Waals surface area contributed by atoms with Gasteiger partial charge < -0.3 is 9.15 Å². The van der Waals surface area contributed by atoms with Crippen molar-refractivity contribution in [1.29, 1.82) is 0 Å². The first-order chi connectivity index (χ1) is 10.6. The summed E-state index contributed by atoms with van der Waals surface area (Å²) in [7, 11) is 1.48. The van der Waals surface area contributed by atoms with Gasteiger partial charge in [0.2, 0.25) is 5.43 Å². The number of fused-ring (bicyclic) bond motifs is 1. The molecule has 0 unspecified atom stereocenters. The molecule has 0 atom stereocenters. The SMILES string of the molecule is COc1ccc2occ(C(=O)c3ccc(F)cc3)c(=O)c2c1. The van der Waals surface area contributed by atoms with E-state index >= 15 is 0 Å². The zero-order chi connectivity index (χ0) is 15.7. The lowest BCUT2D eigenvalue weighted by molar-refractivity contribution is 0.103. The van der Waals surface area contributed by atoms with Gasteiger partial charge in [-0.25, -0.2) is 4.39 Å². The minimum Gasteiger partial charge on any atom is -0.497 e. The first-order valence-electron chi connectivity index (χ1n) is 6.50. The van der Waals surface area contributed by atoms with E-state index in [1.54, 1.807) is 12.1 Å². The molecule has 0 spiro atoms. The standard InChI is InChI=1S/C17H11FO4/c1-21-12-6-7-15-13(8-12)17(20)14(9-22-15)16(19)10-2-4-11(18)5-3-10/h2-9H,1H3. The summed E-state index contributed by atoms with van der Waals surface area (Å²) in [4.78, 5) is 24.8. The van der Waals surface area contributed by atoms with E-state index in [0.29, 0.717) is 11.3 Å². The van der Waals surface area contributed by atoms with Gasteiger partial charge >= 0.3 is 0 Å². The quantitative estimate of drug-likeness (QED) is 0.697. The predicted octanol–water partition coefficient (Wildman–Crippen LogP) is 3.17. The number of ether oxygens (including phenoxy) is 1. The van der Waals surface area contributed by atoms with Crippen molar-refractivity contribution >= 4 is 16.8 Å². The summed E-state index contributed by atoms with van der Waals surface area (Å²) in [6.07, 6.45) is 1.13. The fraction of sp³-hybridized carbons (Fsp3) is 0.0588. The zero-order valence-corrected chi connectivity index (χ0v) is 11.6. The van der Waals surface area contributed by atoms with E-state index in [-0.39, 0.29) is 16.5 Å². The predicted molar refractivity (Wildman–Crippen MR) is 78.9 cm³/mol. The molecule has 4 nitrogen and oxygen atoms in total. The Morgan fingerprint density at radius 1 is 1.14 bits per heavy atom. The Balaban J connectivity index is 2.14. The first-order valence-corrected chi connectivity index (χ1v) is 6.50. The van der Waals surface area contributed by atoms with Crippen LogP contribution < -0.4 is 10.2 Å². The molecule has 110 valence electrons. The van der Waals surface area contributed by atoms with E-state index in [1.165, 1.54) is 37.4 Å². The fourth-order valence-electron chi connectivity index (χ4n) is 2.15. The first kappa shape index (κ1) is 14.0. The molecule has 0 saturated carbocycles. The largest absolute Gasteiger partial charge is 0.497 e. The van der Waals surface area contributed by atoms with Crippen molar-refractivity contribution in [2.24, 2.45) is 0 Å². The van der Waals surface area contributed by atoms with Crippen LogP contribution in [0.15, 0.2) is 57.9 Å². The van der Waals surface area contributed by atoms with Gasteiger partial charge in [0.25, 0.3) is 0 Å².